The van der Waals surface area contributed by atoms with Crippen molar-refractivity contribution in [1.82, 2.24) is 5.32 Å². The molecule has 0 spiro atoms. The Kier molecular flexibility index (Phi) is 7.61. The lowest BCUT2D eigenvalue weighted by molar-refractivity contribution is 0.0952. The van der Waals surface area contributed by atoms with Gasteiger partial charge in [0.1, 0.15) is 0 Å². The minimum atomic E-state index is -0.131. The van der Waals surface area contributed by atoms with Crippen molar-refractivity contribution in [3.63, 3.8) is 0 Å². The molecule has 1 rings (SSSR count). The van der Waals surface area contributed by atoms with Crippen molar-refractivity contribution in [2.75, 3.05) is 20.3 Å². The van der Waals surface area contributed by atoms with Crippen molar-refractivity contribution in [2.24, 2.45) is 5.73 Å². The molecule has 0 aromatic heterocycles. The number of amides is 1. The second-order valence-corrected chi connectivity index (χ2v) is 5.09. The van der Waals surface area contributed by atoms with E-state index >= 15 is 0 Å². The van der Waals surface area contributed by atoms with Crippen LogP contribution in [0.25, 0.3) is 0 Å². The molecule has 0 aliphatic rings. The van der Waals surface area contributed by atoms with E-state index in [4.69, 9.17) is 15.2 Å². The smallest absolute Gasteiger partial charge is 0.251 e. The highest BCUT2D eigenvalue weighted by Crippen LogP contribution is 2.28. The second kappa shape index (κ2) is 9.23. The van der Waals surface area contributed by atoms with Gasteiger partial charge in [0.15, 0.2) is 11.5 Å². The number of carbonyl (C=O) groups is 1. The molecule has 1 amide bonds. The largest absolute Gasteiger partial charge is 0.493 e. The van der Waals surface area contributed by atoms with Gasteiger partial charge in [-0.3, -0.25) is 4.79 Å². The first-order chi connectivity index (χ1) is 10.1. The average Bonchev–Trinajstić information content (AvgIpc) is 2.47. The van der Waals surface area contributed by atoms with Gasteiger partial charge in [-0.2, -0.15) is 0 Å². The molecule has 0 heterocycles. The van der Waals surface area contributed by atoms with E-state index in [-0.39, 0.29) is 11.9 Å². The number of benzene rings is 1. The van der Waals surface area contributed by atoms with Crippen LogP contribution in [-0.4, -0.2) is 32.2 Å². The highest BCUT2D eigenvalue weighted by atomic mass is 16.5. The Morgan fingerprint density at radius 3 is 2.76 bits per heavy atom. The molecule has 0 fully saturated rings. The maximum atomic E-state index is 12.0. The van der Waals surface area contributed by atoms with E-state index in [1.54, 1.807) is 25.3 Å². The van der Waals surface area contributed by atoms with E-state index in [1.165, 1.54) is 0 Å². The minimum Gasteiger partial charge on any atom is -0.493 e. The van der Waals surface area contributed by atoms with E-state index in [2.05, 4.69) is 12.2 Å². The lowest BCUT2D eigenvalue weighted by Crippen LogP contribution is -2.28. The van der Waals surface area contributed by atoms with Gasteiger partial charge >= 0.3 is 0 Å². The van der Waals surface area contributed by atoms with Crippen molar-refractivity contribution in [3.8, 4) is 11.5 Å². The third-order valence-electron chi connectivity index (χ3n) is 3.07. The molecule has 0 bridgehead atoms. The van der Waals surface area contributed by atoms with Crippen LogP contribution in [0.5, 0.6) is 11.5 Å². The molecule has 1 atom stereocenters. The standard InChI is InChI=1S/C16H26N2O3/c1-4-5-10-21-14-7-6-13(11-15(14)20-3)16(19)18-9-8-12(2)17/h6-7,11-12H,4-5,8-10,17H2,1-3H3,(H,18,19). The molecule has 5 nitrogen and oxygen atoms in total. The molecule has 0 aliphatic carbocycles. The summed E-state index contributed by atoms with van der Waals surface area (Å²) < 4.78 is 10.9. The van der Waals surface area contributed by atoms with Crippen LogP contribution in [0.2, 0.25) is 0 Å². The van der Waals surface area contributed by atoms with Crippen molar-refractivity contribution >= 4 is 5.91 Å². The molecule has 1 unspecified atom stereocenters. The number of nitrogens with two attached hydrogens (primary N) is 1. The zero-order valence-electron chi connectivity index (χ0n) is 13.1. The van der Waals surface area contributed by atoms with Gasteiger partial charge < -0.3 is 20.5 Å². The van der Waals surface area contributed by atoms with Gasteiger partial charge in [-0.25, -0.2) is 0 Å². The van der Waals surface area contributed by atoms with Crippen LogP contribution in [0.15, 0.2) is 18.2 Å². The monoisotopic (exact) mass is 294 g/mol. The molecule has 0 saturated carbocycles. The second-order valence-electron chi connectivity index (χ2n) is 5.09. The Hall–Kier alpha value is -1.75. The van der Waals surface area contributed by atoms with Crippen molar-refractivity contribution in [2.45, 2.75) is 39.2 Å². The van der Waals surface area contributed by atoms with Gasteiger partial charge in [0.2, 0.25) is 0 Å². The summed E-state index contributed by atoms with van der Waals surface area (Å²) in [6.07, 6.45) is 2.81. The molecule has 5 heteroatoms. The zero-order valence-corrected chi connectivity index (χ0v) is 13.1. The van der Waals surface area contributed by atoms with Crippen molar-refractivity contribution in [1.29, 1.82) is 0 Å². The van der Waals surface area contributed by atoms with Crippen LogP contribution in [0.1, 0.15) is 43.5 Å². The maximum absolute atomic E-state index is 12.0. The number of hydrogen-bond donors (Lipinski definition) is 2. The molecule has 0 radical (unpaired) electrons. The fourth-order valence-corrected chi connectivity index (χ4v) is 1.77. The van der Waals surface area contributed by atoms with Crippen LogP contribution in [0.3, 0.4) is 0 Å². The van der Waals surface area contributed by atoms with Gasteiger partial charge in [0.25, 0.3) is 5.91 Å². The highest BCUT2D eigenvalue weighted by Gasteiger charge is 2.11. The normalized spacial score (nSPS) is 11.8. The molecule has 0 saturated heterocycles. The van der Waals surface area contributed by atoms with E-state index in [0.717, 1.165) is 19.3 Å². The Morgan fingerprint density at radius 2 is 2.14 bits per heavy atom. The third kappa shape index (κ3) is 6.04. The minimum absolute atomic E-state index is 0.0779. The Bertz CT molecular complexity index is 447. The molecule has 1 aromatic carbocycles. The lowest BCUT2D eigenvalue weighted by atomic mass is 10.1. The summed E-state index contributed by atoms with van der Waals surface area (Å²) in [4.78, 5) is 12.0. The maximum Gasteiger partial charge on any atom is 0.251 e. The first-order valence-corrected chi connectivity index (χ1v) is 7.43. The summed E-state index contributed by atoms with van der Waals surface area (Å²) >= 11 is 0. The number of methoxy groups -OCH3 is 1. The average molecular weight is 294 g/mol. The van der Waals surface area contributed by atoms with Gasteiger partial charge in [-0.05, 0) is 38.0 Å². The summed E-state index contributed by atoms with van der Waals surface area (Å²) in [5, 5.41) is 2.84. The van der Waals surface area contributed by atoms with Gasteiger partial charge in [-0.15, -0.1) is 0 Å². The summed E-state index contributed by atoms with van der Waals surface area (Å²) in [6.45, 7) is 5.23. The van der Waals surface area contributed by atoms with Crippen molar-refractivity contribution in [3.05, 3.63) is 23.8 Å². The van der Waals surface area contributed by atoms with Gasteiger partial charge in [0.05, 0.1) is 13.7 Å². The Balaban J connectivity index is 2.65. The Labute approximate surface area is 126 Å². The summed E-state index contributed by atoms with van der Waals surface area (Å²) in [5.74, 6) is 1.11. The first-order valence-electron chi connectivity index (χ1n) is 7.43. The SMILES string of the molecule is CCCCOc1ccc(C(=O)NCCC(C)N)cc1OC. The van der Waals surface area contributed by atoms with E-state index < -0.39 is 0 Å². The van der Waals surface area contributed by atoms with Crippen molar-refractivity contribution < 1.29 is 14.3 Å². The summed E-state index contributed by atoms with van der Waals surface area (Å²) in [5.41, 5.74) is 6.21. The fourth-order valence-electron chi connectivity index (χ4n) is 1.77. The Morgan fingerprint density at radius 1 is 1.38 bits per heavy atom. The van der Waals surface area contributed by atoms with Crippen LogP contribution >= 0.6 is 0 Å². The van der Waals surface area contributed by atoms with Crippen LogP contribution in [0.4, 0.5) is 0 Å². The highest BCUT2D eigenvalue weighted by molar-refractivity contribution is 5.94. The van der Waals surface area contributed by atoms with Gasteiger partial charge in [-0.1, -0.05) is 13.3 Å². The van der Waals surface area contributed by atoms with Crippen LogP contribution < -0.4 is 20.5 Å². The van der Waals surface area contributed by atoms with Crippen LogP contribution in [-0.2, 0) is 0 Å². The molecular weight excluding hydrogens is 268 g/mol. The van der Waals surface area contributed by atoms with E-state index in [1.807, 2.05) is 6.92 Å². The number of unbranched alkanes of at least 4 members (excludes halogenated alkanes) is 1. The molecular formula is C16H26N2O3. The predicted molar refractivity (Wildman–Crippen MR) is 84.0 cm³/mol. The quantitative estimate of drug-likeness (QED) is 0.686. The van der Waals surface area contributed by atoms with E-state index in [9.17, 15) is 4.79 Å². The number of ether oxygens (including phenoxy) is 2. The molecule has 21 heavy (non-hydrogen) atoms. The molecule has 1 aromatic rings. The fraction of sp³-hybridized carbons (Fsp3) is 0.562. The predicted octanol–water partition coefficient (Wildman–Crippen LogP) is 2.34. The lowest BCUT2D eigenvalue weighted by Gasteiger charge is -2.12. The number of carbonyl (C=O) groups excluding carboxylic acids is 1. The molecule has 118 valence electrons. The molecule has 0 aliphatic heterocycles. The third-order valence-corrected chi connectivity index (χ3v) is 3.07. The van der Waals surface area contributed by atoms with Gasteiger partial charge in [0, 0.05) is 18.2 Å². The zero-order chi connectivity index (χ0) is 15.7. The molecule has 3 N–H and O–H groups in total. The number of rotatable bonds is 9. The summed E-state index contributed by atoms with van der Waals surface area (Å²) in [6, 6.07) is 5.29. The topological polar surface area (TPSA) is 73.6 Å². The number of nitrogens with one attached hydrogen (secondary N) is 1. The first kappa shape index (κ1) is 17.3. The number of hydrogen-bond acceptors (Lipinski definition) is 4. The summed E-state index contributed by atoms with van der Waals surface area (Å²) in [7, 11) is 1.57. The van der Waals surface area contributed by atoms with E-state index in [0.29, 0.717) is 30.2 Å². The van der Waals surface area contributed by atoms with Crippen LogP contribution in [0, 0.1) is 0 Å².